The average molecular weight is 178 g/mol. The molecule has 0 bridgehead atoms. The molecule has 2 nitrogen and oxygen atoms in total. The highest BCUT2D eigenvalue weighted by molar-refractivity contribution is 5.48. The molecule has 13 heavy (non-hydrogen) atoms. The summed E-state index contributed by atoms with van der Waals surface area (Å²) >= 11 is 0. The second-order valence-electron chi connectivity index (χ2n) is 3.20. The summed E-state index contributed by atoms with van der Waals surface area (Å²) in [5.74, 6) is 0. The Kier molecular flexibility index (Phi) is 3.77. The van der Waals surface area contributed by atoms with Gasteiger partial charge >= 0.3 is 0 Å². The molecule has 0 atom stereocenters. The fourth-order valence-electron chi connectivity index (χ4n) is 1.39. The van der Waals surface area contributed by atoms with Crippen LogP contribution in [0.1, 0.15) is 18.1 Å². The zero-order valence-corrected chi connectivity index (χ0v) is 8.65. The number of hydrogen-bond donors (Lipinski definition) is 2. The standard InChI is InChI=1S/C11H18N2/c1-4-10-5-6-11(7-9(10)2)13-8-12-3/h5-7,12-13H,4,8H2,1-3H3. The molecule has 0 unspecified atom stereocenters. The molecule has 0 spiro atoms. The van der Waals surface area contributed by atoms with Crippen LogP contribution in [0.4, 0.5) is 5.69 Å². The summed E-state index contributed by atoms with van der Waals surface area (Å²) in [6.45, 7) is 5.15. The molecule has 2 N–H and O–H groups in total. The van der Waals surface area contributed by atoms with Crippen LogP contribution in [0, 0.1) is 6.92 Å². The Hall–Kier alpha value is -1.02. The van der Waals surface area contributed by atoms with Crippen molar-refractivity contribution in [3.05, 3.63) is 29.3 Å². The van der Waals surface area contributed by atoms with Crippen molar-refractivity contribution in [3.63, 3.8) is 0 Å². The molecular weight excluding hydrogens is 160 g/mol. The minimum Gasteiger partial charge on any atom is -0.372 e. The predicted octanol–water partition coefficient (Wildman–Crippen LogP) is 2.15. The number of anilines is 1. The zero-order valence-electron chi connectivity index (χ0n) is 8.65. The molecular formula is C11H18N2. The molecule has 0 saturated heterocycles. The van der Waals surface area contributed by atoms with E-state index in [9.17, 15) is 0 Å². The Balaban J connectivity index is 2.71. The number of aryl methyl sites for hydroxylation is 2. The predicted molar refractivity (Wildman–Crippen MR) is 58.1 cm³/mol. The van der Waals surface area contributed by atoms with Crippen molar-refractivity contribution < 1.29 is 0 Å². The van der Waals surface area contributed by atoms with Gasteiger partial charge in [0.2, 0.25) is 0 Å². The molecule has 2 heteroatoms. The first-order valence-corrected chi connectivity index (χ1v) is 4.76. The van der Waals surface area contributed by atoms with Crippen molar-refractivity contribution >= 4 is 5.69 Å². The molecule has 0 aliphatic rings. The van der Waals surface area contributed by atoms with Gasteiger partial charge in [0.25, 0.3) is 0 Å². The van der Waals surface area contributed by atoms with E-state index in [0.29, 0.717) is 0 Å². The Morgan fingerprint density at radius 3 is 2.62 bits per heavy atom. The lowest BCUT2D eigenvalue weighted by Crippen LogP contribution is -2.16. The van der Waals surface area contributed by atoms with Crippen molar-refractivity contribution in [2.45, 2.75) is 20.3 Å². The van der Waals surface area contributed by atoms with Gasteiger partial charge in [-0.25, -0.2) is 0 Å². The van der Waals surface area contributed by atoms with Gasteiger partial charge in [0.05, 0.1) is 6.67 Å². The van der Waals surface area contributed by atoms with E-state index >= 15 is 0 Å². The molecule has 0 saturated carbocycles. The normalized spacial score (nSPS) is 10.1. The van der Waals surface area contributed by atoms with E-state index in [4.69, 9.17) is 0 Å². The first-order valence-electron chi connectivity index (χ1n) is 4.76. The highest BCUT2D eigenvalue weighted by Gasteiger charge is 1.96. The lowest BCUT2D eigenvalue weighted by Gasteiger charge is -2.08. The maximum Gasteiger partial charge on any atom is 0.0650 e. The molecule has 1 aromatic rings. The second-order valence-corrected chi connectivity index (χ2v) is 3.20. The van der Waals surface area contributed by atoms with E-state index in [-0.39, 0.29) is 0 Å². The highest BCUT2D eigenvalue weighted by Crippen LogP contribution is 2.14. The van der Waals surface area contributed by atoms with Crippen molar-refractivity contribution in [1.29, 1.82) is 0 Å². The van der Waals surface area contributed by atoms with Crippen molar-refractivity contribution in [2.75, 3.05) is 19.0 Å². The average Bonchev–Trinajstić information content (AvgIpc) is 2.15. The number of nitrogens with one attached hydrogen (secondary N) is 2. The van der Waals surface area contributed by atoms with E-state index in [2.05, 4.69) is 42.7 Å². The van der Waals surface area contributed by atoms with Gasteiger partial charge in [0, 0.05) is 5.69 Å². The first kappa shape index (κ1) is 10.1. The van der Waals surface area contributed by atoms with Gasteiger partial charge in [-0.3, -0.25) is 0 Å². The minimum atomic E-state index is 0.810. The molecule has 1 rings (SSSR count). The fourth-order valence-corrected chi connectivity index (χ4v) is 1.39. The van der Waals surface area contributed by atoms with Gasteiger partial charge < -0.3 is 10.6 Å². The van der Waals surface area contributed by atoms with Gasteiger partial charge in [0.1, 0.15) is 0 Å². The van der Waals surface area contributed by atoms with E-state index in [0.717, 1.165) is 13.1 Å². The smallest absolute Gasteiger partial charge is 0.0650 e. The third-order valence-corrected chi connectivity index (χ3v) is 2.19. The summed E-state index contributed by atoms with van der Waals surface area (Å²) in [5, 5.41) is 6.33. The first-order chi connectivity index (χ1) is 6.27. The molecule has 72 valence electrons. The molecule has 0 heterocycles. The number of benzene rings is 1. The largest absolute Gasteiger partial charge is 0.372 e. The summed E-state index contributed by atoms with van der Waals surface area (Å²) in [4.78, 5) is 0. The summed E-state index contributed by atoms with van der Waals surface area (Å²) in [5.41, 5.74) is 3.97. The Morgan fingerprint density at radius 1 is 1.31 bits per heavy atom. The van der Waals surface area contributed by atoms with Crippen LogP contribution in [0.3, 0.4) is 0 Å². The molecule has 0 aromatic heterocycles. The quantitative estimate of drug-likeness (QED) is 0.690. The lowest BCUT2D eigenvalue weighted by atomic mass is 10.1. The van der Waals surface area contributed by atoms with Crippen LogP contribution in [-0.2, 0) is 6.42 Å². The maximum absolute atomic E-state index is 3.28. The third kappa shape index (κ3) is 2.74. The molecule has 0 radical (unpaired) electrons. The van der Waals surface area contributed by atoms with Crippen LogP contribution >= 0.6 is 0 Å². The highest BCUT2D eigenvalue weighted by atomic mass is 15.0. The van der Waals surface area contributed by atoms with Crippen LogP contribution in [0.5, 0.6) is 0 Å². The van der Waals surface area contributed by atoms with E-state index in [1.54, 1.807) is 0 Å². The Morgan fingerprint density at radius 2 is 2.08 bits per heavy atom. The van der Waals surface area contributed by atoms with Crippen molar-refractivity contribution in [3.8, 4) is 0 Å². The van der Waals surface area contributed by atoms with Gasteiger partial charge in [-0.1, -0.05) is 13.0 Å². The topological polar surface area (TPSA) is 24.1 Å². The van der Waals surface area contributed by atoms with Crippen molar-refractivity contribution in [1.82, 2.24) is 5.32 Å². The maximum atomic E-state index is 3.28. The zero-order chi connectivity index (χ0) is 9.68. The van der Waals surface area contributed by atoms with Crippen molar-refractivity contribution in [2.24, 2.45) is 0 Å². The molecule has 0 fully saturated rings. The van der Waals surface area contributed by atoms with Crippen LogP contribution in [0.2, 0.25) is 0 Å². The third-order valence-electron chi connectivity index (χ3n) is 2.19. The van der Waals surface area contributed by atoms with E-state index in [1.807, 2.05) is 7.05 Å². The summed E-state index contributed by atoms with van der Waals surface area (Å²) < 4.78 is 0. The molecule has 0 amide bonds. The Bertz CT molecular complexity index is 269. The number of hydrogen-bond acceptors (Lipinski definition) is 2. The lowest BCUT2D eigenvalue weighted by molar-refractivity contribution is 0.874. The summed E-state index contributed by atoms with van der Waals surface area (Å²) in [7, 11) is 1.93. The monoisotopic (exact) mass is 178 g/mol. The van der Waals surface area contributed by atoms with E-state index < -0.39 is 0 Å². The number of rotatable bonds is 4. The minimum absolute atomic E-state index is 0.810. The summed E-state index contributed by atoms with van der Waals surface area (Å²) in [6, 6.07) is 6.51. The van der Waals surface area contributed by atoms with E-state index in [1.165, 1.54) is 16.8 Å². The Labute approximate surface area is 80.4 Å². The van der Waals surface area contributed by atoms with Gasteiger partial charge in [-0.15, -0.1) is 0 Å². The summed E-state index contributed by atoms with van der Waals surface area (Å²) in [6.07, 6.45) is 1.11. The molecule has 0 aliphatic heterocycles. The molecule has 1 aromatic carbocycles. The second kappa shape index (κ2) is 4.87. The van der Waals surface area contributed by atoms with Gasteiger partial charge in [-0.05, 0) is 43.7 Å². The fraction of sp³-hybridized carbons (Fsp3) is 0.455. The molecule has 0 aliphatic carbocycles. The van der Waals surface area contributed by atoms with Crippen LogP contribution in [0.15, 0.2) is 18.2 Å². The van der Waals surface area contributed by atoms with Crippen LogP contribution < -0.4 is 10.6 Å². The van der Waals surface area contributed by atoms with Gasteiger partial charge in [0.15, 0.2) is 0 Å². The van der Waals surface area contributed by atoms with Crippen LogP contribution in [-0.4, -0.2) is 13.7 Å². The SMILES string of the molecule is CCc1ccc(NCNC)cc1C. The van der Waals surface area contributed by atoms with Crippen LogP contribution in [0.25, 0.3) is 0 Å². The van der Waals surface area contributed by atoms with Gasteiger partial charge in [-0.2, -0.15) is 0 Å².